The van der Waals surface area contributed by atoms with E-state index in [-0.39, 0.29) is 12.6 Å². The molecule has 0 bridgehead atoms. The zero-order valence-electron chi connectivity index (χ0n) is 13.9. The fourth-order valence-electron chi connectivity index (χ4n) is 2.53. The molecule has 3 rings (SSSR count). The zero-order chi connectivity index (χ0) is 17.3. The molecule has 3 aromatic carbocycles. The van der Waals surface area contributed by atoms with Gasteiger partial charge in [-0.2, -0.15) is 0 Å². The van der Waals surface area contributed by atoms with Crippen molar-refractivity contribution in [2.75, 3.05) is 6.79 Å². The normalized spacial score (nSPS) is 10.4. The highest BCUT2D eigenvalue weighted by Gasteiger charge is 2.10. The molecule has 0 saturated heterocycles. The number of hydrogen-bond acceptors (Lipinski definition) is 3. The van der Waals surface area contributed by atoms with Crippen LogP contribution in [0.25, 0.3) is 0 Å². The molecule has 0 aliphatic heterocycles. The van der Waals surface area contributed by atoms with E-state index in [1.54, 1.807) is 0 Å². The van der Waals surface area contributed by atoms with Crippen molar-refractivity contribution in [1.82, 2.24) is 0 Å². The number of rotatable bonds is 8. The van der Waals surface area contributed by atoms with Crippen LogP contribution in [0.1, 0.15) is 21.5 Å². The molecule has 0 radical (unpaired) electrons. The summed E-state index contributed by atoms with van der Waals surface area (Å²) in [6, 6.07) is 26.8. The lowest BCUT2D eigenvalue weighted by Crippen LogP contribution is -2.08. The Labute approximate surface area is 147 Å². The summed E-state index contributed by atoms with van der Waals surface area (Å²) in [5.41, 5.74) is 2.66. The Morgan fingerprint density at radius 3 is 2.16 bits per heavy atom. The van der Waals surface area contributed by atoms with Crippen LogP contribution in [0.2, 0.25) is 0 Å². The highest BCUT2D eigenvalue weighted by molar-refractivity contribution is 5.97. The van der Waals surface area contributed by atoms with E-state index in [1.165, 1.54) is 0 Å². The molecule has 0 aliphatic rings. The van der Waals surface area contributed by atoms with Gasteiger partial charge in [-0.3, -0.25) is 4.79 Å². The van der Waals surface area contributed by atoms with Crippen LogP contribution in [0.15, 0.2) is 84.9 Å². The van der Waals surface area contributed by atoms with Gasteiger partial charge in [-0.25, -0.2) is 0 Å². The smallest absolute Gasteiger partial charge is 0.189 e. The molecule has 0 atom stereocenters. The van der Waals surface area contributed by atoms with Crippen molar-refractivity contribution in [1.29, 1.82) is 0 Å². The topological polar surface area (TPSA) is 35.5 Å². The number of ketones is 1. The van der Waals surface area contributed by atoms with Gasteiger partial charge in [-0.1, -0.05) is 78.9 Å². The predicted octanol–water partition coefficient (Wildman–Crippen LogP) is 4.67. The molecule has 0 unspecified atom stereocenters. The van der Waals surface area contributed by atoms with E-state index in [1.807, 2.05) is 84.9 Å². The van der Waals surface area contributed by atoms with Crippen LogP contribution >= 0.6 is 0 Å². The molecule has 3 heteroatoms. The van der Waals surface area contributed by atoms with Crippen LogP contribution in [-0.2, 0) is 17.8 Å². The molecular formula is C22H20O3. The largest absolute Gasteiger partial charge is 0.467 e. The number of carbonyl (C=O) groups is 1. The van der Waals surface area contributed by atoms with Crippen LogP contribution in [0.3, 0.4) is 0 Å². The van der Waals surface area contributed by atoms with Crippen molar-refractivity contribution in [2.24, 2.45) is 0 Å². The van der Waals surface area contributed by atoms with Gasteiger partial charge in [0.2, 0.25) is 0 Å². The van der Waals surface area contributed by atoms with Gasteiger partial charge < -0.3 is 9.47 Å². The van der Waals surface area contributed by atoms with Crippen molar-refractivity contribution < 1.29 is 14.3 Å². The Kier molecular flexibility index (Phi) is 5.96. The van der Waals surface area contributed by atoms with Crippen molar-refractivity contribution in [3.63, 3.8) is 0 Å². The highest BCUT2D eigenvalue weighted by atomic mass is 16.7. The van der Waals surface area contributed by atoms with E-state index in [9.17, 15) is 4.79 Å². The van der Waals surface area contributed by atoms with Crippen molar-refractivity contribution >= 4 is 5.78 Å². The summed E-state index contributed by atoms with van der Waals surface area (Å²) in [5, 5.41) is 0. The number of carbonyl (C=O) groups excluding carboxylic acids is 1. The van der Waals surface area contributed by atoms with Crippen molar-refractivity contribution in [2.45, 2.75) is 13.0 Å². The van der Waals surface area contributed by atoms with Crippen LogP contribution < -0.4 is 4.74 Å². The van der Waals surface area contributed by atoms with Gasteiger partial charge in [-0.15, -0.1) is 0 Å². The summed E-state index contributed by atoms with van der Waals surface area (Å²) in [7, 11) is 0. The molecule has 0 amide bonds. The Morgan fingerprint density at radius 2 is 1.40 bits per heavy atom. The number of Topliss-reactive ketones (excluding diaryl/α,β-unsaturated/α-hetero) is 1. The molecule has 0 N–H and O–H groups in total. The second kappa shape index (κ2) is 8.81. The van der Waals surface area contributed by atoms with E-state index < -0.39 is 0 Å². The average molecular weight is 332 g/mol. The third kappa shape index (κ3) is 5.03. The summed E-state index contributed by atoms with van der Waals surface area (Å²) >= 11 is 0. The molecule has 0 heterocycles. The lowest BCUT2D eigenvalue weighted by molar-refractivity contribution is 0.00454. The summed E-state index contributed by atoms with van der Waals surface area (Å²) in [6.45, 7) is 0.636. The van der Waals surface area contributed by atoms with Gasteiger partial charge in [0.1, 0.15) is 5.75 Å². The van der Waals surface area contributed by atoms with Gasteiger partial charge in [0.05, 0.1) is 6.61 Å². The SMILES string of the molecule is O=C(Cc1ccccc1OCOCc1ccccc1)c1ccccc1. The standard InChI is InChI=1S/C22H20O3/c23-21(19-11-5-2-6-12-19)15-20-13-7-8-14-22(20)25-17-24-16-18-9-3-1-4-10-18/h1-14H,15-17H2. The van der Waals surface area contributed by atoms with Crippen LogP contribution in [0.4, 0.5) is 0 Å². The molecule has 25 heavy (non-hydrogen) atoms. The van der Waals surface area contributed by atoms with Crippen molar-refractivity contribution in [3.8, 4) is 5.75 Å². The summed E-state index contributed by atoms with van der Waals surface area (Å²) in [6.07, 6.45) is 0.304. The molecule has 3 nitrogen and oxygen atoms in total. The number of benzene rings is 3. The predicted molar refractivity (Wildman–Crippen MR) is 97.6 cm³/mol. The first-order valence-corrected chi connectivity index (χ1v) is 8.23. The van der Waals surface area contributed by atoms with E-state index in [0.717, 1.165) is 11.1 Å². The van der Waals surface area contributed by atoms with Crippen LogP contribution in [0, 0.1) is 0 Å². The molecule has 0 fully saturated rings. The van der Waals surface area contributed by atoms with E-state index in [2.05, 4.69) is 0 Å². The Balaban J connectivity index is 1.56. The molecule has 126 valence electrons. The maximum absolute atomic E-state index is 12.4. The molecule has 3 aromatic rings. The van der Waals surface area contributed by atoms with Gasteiger partial charge >= 0.3 is 0 Å². The minimum absolute atomic E-state index is 0.0712. The zero-order valence-corrected chi connectivity index (χ0v) is 13.9. The molecule has 0 aromatic heterocycles. The minimum Gasteiger partial charge on any atom is -0.467 e. The van der Waals surface area contributed by atoms with Gasteiger partial charge in [0.25, 0.3) is 0 Å². The fourth-order valence-corrected chi connectivity index (χ4v) is 2.53. The summed E-state index contributed by atoms with van der Waals surface area (Å²) in [4.78, 5) is 12.4. The molecular weight excluding hydrogens is 312 g/mol. The van der Waals surface area contributed by atoms with Gasteiger partial charge in [-0.05, 0) is 11.6 Å². The first-order valence-electron chi connectivity index (χ1n) is 8.23. The van der Waals surface area contributed by atoms with Crippen LogP contribution in [0.5, 0.6) is 5.75 Å². The average Bonchev–Trinajstić information content (AvgIpc) is 2.68. The first-order chi connectivity index (χ1) is 12.3. The third-order valence-corrected chi connectivity index (χ3v) is 3.83. The number of ether oxygens (including phenoxy) is 2. The van der Waals surface area contributed by atoms with Gasteiger partial charge in [0, 0.05) is 17.5 Å². The third-order valence-electron chi connectivity index (χ3n) is 3.83. The Bertz CT molecular complexity index is 798. The second-order valence-electron chi connectivity index (χ2n) is 5.67. The van der Waals surface area contributed by atoms with Crippen molar-refractivity contribution in [3.05, 3.63) is 102 Å². The van der Waals surface area contributed by atoms with Gasteiger partial charge in [0.15, 0.2) is 12.6 Å². The maximum Gasteiger partial charge on any atom is 0.189 e. The maximum atomic E-state index is 12.4. The highest BCUT2D eigenvalue weighted by Crippen LogP contribution is 2.20. The van der Waals surface area contributed by atoms with E-state index in [0.29, 0.717) is 24.3 Å². The van der Waals surface area contributed by atoms with E-state index in [4.69, 9.17) is 9.47 Å². The molecule has 0 spiro atoms. The lowest BCUT2D eigenvalue weighted by atomic mass is 10.0. The van der Waals surface area contributed by atoms with Crippen LogP contribution in [-0.4, -0.2) is 12.6 Å². The fraction of sp³-hybridized carbons (Fsp3) is 0.136. The summed E-state index contributed by atoms with van der Waals surface area (Å²) < 4.78 is 11.3. The summed E-state index contributed by atoms with van der Waals surface area (Å²) in [5.74, 6) is 0.752. The number of para-hydroxylation sites is 1. The lowest BCUT2D eigenvalue weighted by Gasteiger charge is -2.11. The number of hydrogen-bond donors (Lipinski definition) is 0. The Hall–Kier alpha value is -2.91. The Morgan fingerprint density at radius 1 is 0.760 bits per heavy atom. The minimum atomic E-state index is 0.0712. The quantitative estimate of drug-likeness (QED) is 0.342. The van der Waals surface area contributed by atoms with E-state index >= 15 is 0 Å². The molecule has 0 aliphatic carbocycles. The first kappa shape index (κ1) is 16.9. The monoisotopic (exact) mass is 332 g/mol. The second-order valence-corrected chi connectivity index (χ2v) is 5.67. The molecule has 0 saturated carbocycles.